The third kappa shape index (κ3) is 3.88. The molecule has 1 saturated heterocycles. The molecule has 1 aliphatic heterocycles. The predicted octanol–water partition coefficient (Wildman–Crippen LogP) is 4.76. The van der Waals surface area contributed by atoms with Crippen LogP contribution >= 0.6 is 0 Å². The molecule has 0 bridgehead atoms. The largest absolute Gasteiger partial charge is 0.482 e. The minimum Gasteiger partial charge on any atom is -0.482 e. The monoisotopic (exact) mass is 354 g/mol. The number of benzene rings is 2. The number of nitro groups is 1. The average Bonchev–Trinajstić information content (AvgIpc) is 2.62. The Balaban J connectivity index is 1.87. The molecule has 0 atom stereocenters. The number of piperidine rings is 1. The van der Waals surface area contributed by atoms with Crippen molar-refractivity contribution in [2.75, 3.05) is 13.1 Å². The van der Waals surface area contributed by atoms with Crippen molar-refractivity contribution in [2.24, 2.45) is 0 Å². The van der Waals surface area contributed by atoms with E-state index in [2.05, 4.69) is 37.8 Å². The van der Waals surface area contributed by atoms with Gasteiger partial charge in [0.15, 0.2) is 0 Å². The Morgan fingerprint density at radius 2 is 1.58 bits per heavy atom. The summed E-state index contributed by atoms with van der Waals surface area (Å²) in [6.45, 7) is 8.61. The Hall–Kier alpha value is -2.40. The zero-order chi connectivity index (χ0) is 18.8. The number of rotatable bonds is 4. The van der Waals surface area contributed by atoms with Gasteiger partial charge < -0.3 is 4.74 Å². The van der Waals surface area contributed by atoms with E-state index >= 15 is 0 Å². The van der Waals surface area contributed by atoms with Gasteiger partial charge in [0.2, 0.25) is 0 Å². The molecule has 1 fully saturated rings. The molecule has 138 valence electrons. The van der Waals surface area contributed by atoms with Gasteiger partial charge in [0.25, 0.3) is 5.69 Å². The first-order chi connectivity index (χ1) is 12.3. The van der Waals surface area contributed by atoms with Crippen molar-refractivity contribution in [2.45, 2.75) is 44.8 Å². The lowest BCUT2D eigenvalue weighted by atomic mass is 9.82. The number of nitrogens with zero attached hydrogens (tertiary/aromatic N) is 2. The van der Waals surface area contributed by atoms with Gasteiger partial charge in [-0.05, 0) is 38.5 Å². The normalized spacial score (nSPS) is 17.7. The van der Waals surface area contributed by atoms with Crippen LogP contribution in [0.3, 0.4) is 0 Å². The molecular formula is C21H26N2O3. The van der Waals surface area contributed by atoms with Gasteiger partial charge in [-0.3, -0.25) is 15.0 Å². The highest BCUT2D eigenvalue weighted by Crippen LogP contribution is 2.39. The molecule has 1 aliphatic rings. The van der Waals surface area contributed by atoms with E-state index in [0.717, 1.165) is 31.5 Å². The smallest absolute Gasteiger partial charge is 0.269 e. The summed E-state index contributed by atoms with van der Waals surface area (Å²) in [5.74, 6) is 0.670. The molecule has 0 aromatic heterocycles. The van der Waals surface area contributed by atoms with Crippen molar-refractivity contribution >= 4 is 5.69 Å². The Morgan fingerprint density at radius 1 is 1.00 bits per heavy atom. The molecule has 0 N–H and O–H groups in total. The van der Waals surface area contributed by atoms with Crippen molar-refractivity contribution in [3.05, 3.63) is 70.3 Å². The highest BCUT2D eigenvalue weighted by atomic mass is 16.6. The second-order valence-electron chi connectivity index (χ2n) is 7.87. The lowest BCUT2D eigenvalue weighted by molar-refractivity contribution is -0.384. The van der Waals surface area contributed by atoms with Crippen molar-refractivity contribution in [1.29, 1.82) is 0 Å². The second-order valence-corrected chi connectivity index (χ2v) is 7.87. The van der Waals surface area contributed by atoms with Gasteiger partial charge in [0.1, 0.15) is 11.4 Å². The van der Waals surface area contributed by atoms with E-state index in [9.17, 15) is 10.1 Å². The summed E-state index contributed by atoms with van der Waals surface area (Å²) in [6, 6.07) is 16.7. The van der Waals surface area contributed by atoms with Crippen molar-refractivity contribution < 1.29 is 9.66 Å². The first kappa shape index (κ1) is 18.4. The second kappa shape index (κ2) is 7.08. The number of non-ortho nitro benzene ring substituents is 1. The molecule has 0 unspecified atom stereocenters. The fraction of sp³-hybridized carbons (Fsp3) is 0.429. The van der Waals surface area contributed by atoms with Crippen molar-refractivity contribution in [3.8, 4) is 5.75 Å². The summed E-state index contributed by atoms with van der Waals surface area (Å²) in [6.07, 6.45) is 1.76. The van der Waals surface area contributed by atoms with Crippen LogP contribution in [-0.4, -0.2) is 28.5 Å². The van der Waals surface area contributed by atoms with Crippen LogP contribution in [0.1, 0.15) is 39.2 Å². The highest BCUT2D eigenvalue weighted by Gasteiger charge is 2.40. The molecule has 0 amide bonds. The van der Waals surface area contributed by atoms with Gasteiger partial charge in [-0.1, -0.05) is 30.3 Å². The number of nitro benzene ring substituents is 1. The van der Waals surface area contributed by atoms with Crippen LogP contribution < -0.4 is 4.74 Å². The summed E-state index contributed by atoms with van der Waals surface area (Å²) in [7, 11) is 0. The quantitative estimate of drug-likeness (QED) is 0.586. The van der Waals surface area contributed by atoms with Gasteiger partial charge in [0.05, 0.1) is 4.92 Å². The van der Waals surface area contributed by atoms with Crippen LogP contribution in [0.5, 0.6) is 5.75 Å². The fourth-order valence-corrected chi connectivity index (χ4v) is 3.59. The van der Waals surface area contributed by atoms with E-state index in [1.807, 2.05) is 18.2 Å². The van der Waals surface area contributed by atoms with E-state index in [0.29, 0.717) is 5.75 Å². The number of ether oxygens (including phenoxy) is 1. The zero-order valence-electron chi connectivity index (χ0n) is 15.6. The standard InChI is InChI=1S/C21H26N2O3/c1-20(2,3)22-15-13-21(14-16-22,17-7-5-4-6-8-17)26-19-11-9-18(10-12-19)23(24)25/h4-12H,13-16H2,1-3H3. The van der Waals surface area contributed by atoms with Crippen LogP contribution in [0.4, 0.5) is 5.69 Å². The maximum atomic E-state index is 10.9. The molecular weight excluding hydrogens is 328 g/mol. The van der Waals surface area contributed by atoms with Gasteiger partial charge in [-0.15, -0.1) is 0 Å². The lowest BCUT2D eigenvalue weighted by Gasteiger charge is -2.46. The van der Waals surface area contributed by atoms with E-state index in [1.165, 1.54) is 12.1 Å². The Kier molecular flexibility index (Phi) is 5.01. The van der Waals surface area contributed by atoms with Gasteiger partial charge in [-0.25, -0.2) is 0 Å². The first-order valence-corrected chi connectivity index (χ1v) is 9.04. The average molecular weight is 354 g/mol. The molecule has 5 nitrogen and oxygen atoms in total. The minimum atomic E-state index is -0.404. The Bertz CT molecular complexity index is 743. The topological polar surface area (TPSA) is 55.6 Å². The SMILES string of the molecule is CC(C)(C)N1CCC(Oc2ccc([N+](=O)[O-])cc2)(c2ccccc2)CC1. The van der Waals surface area contributed by atoms with Crippen molar-refractivity contribution in [1.82, 2.24) is 4.90 Å². The third-order valence-corrected chi connectivity index (χ3v) is 5.18. The maximum absolute atomic E-state index is 10.9. The zero-order valence-corrected chi connectivity index (χ0v) is 15.6. The van der Waals surface area contributed by atoms with Crippen LogP contribution in [0.25, 0.3) is 0 Å². The fourth-order valence-electron chi connectivity index (χ4n) is 3.59. The van der Waals surface area contributed by atoms with Gasteiger partial charge in [-0.2, -0.15) is 0 Å². The lowest BCUT2D eigenvalue weighted by Crippen LogP contribution is -2.52. The van der Waals surface area contributed by atoms with E-state index in [1.54, 1.807) is 12.1 Å². The van der Waals surface area contributed by atoms with E-state index < -0.39 is 10.5 Å². The Labute approximate surface area is 154 Å². The summed E-state index contributed by atoms with van der Waals surface area (Å²) in [4.78, 5) is 13.0. The highest BCUT2D eigenvalue weighted by molar-refractivity contribution is 5.37. The minimum absolute atomic E-state index is 0.0775. The van der Waals surface area contributed by atoms with E-state index in [-0.39, 0.29) is 11.2 Å². The van der Waals surface area contributed by atoms with Crippen molar-refractivity contribution in [3.63, 3.8) is 0 Å². The molecule has 1 heterocycles. The summed E-state index contributed by atoms with van der Waals surface area (Å²) >= 11 is 0. The Morgan fingerprint density at radius 3 is 2.08 bits per heavy atom. The molecule has 3 rings (SSSR count). The molecule has 5 heteroatoms. The molecule has 2 aromatic rings. The molecule has 26 heavy (non-hydrogen) atoms. The number of hydrogen-bond donors (Lipinski definition) is 0. The summed E-state index contributed by atoms with van der Waals surface area (Å²) in [5.41, 5.74) is 0.968. The summed E-state index contributed by atoms with van der Waals surface area (Å²) < 4.78 is 6.48. The third-order valence-electron chi connectivity index (χ3n) is 5.18. The van der Waals surface area contributed by atoms with Crippen LogP contribution in [-0.2, 0) is 5.60 Å². The number of likely N-dealkylation sites (tertiary alicyclic amines) is 1. The first-order valence-electron chi connectivity index (χ1n) is 9.04. The molecule has 0 aliphatic carbocycles. The maximum Gasteiger partial charge on any atom is 0.269 e. The van der Waals surface area contributed by atoms with Gasteiger partial charge >= 0.3 is 0 Å². The predicted molar refractivity (Wildman–Crippen MR) is 102 cm³/mol. The van der Waals surface area contributed by atoms with Crippen LogP contribution in [0.2, 0.25) is 0 Å². The van der Waals surface area contributed by atoms with E-state index in [4.69, 9.17) is 4.74 Å². The molecule has 0 saturated carbocycles. The molecule has 0 radical (unpaired) electrons. The van der Waals surface area contributed by atoms with Crippen LogP contribution in [0, 0.1) is 10.1 Å². The molecule has 0 spiro atoms. The van der Waals surface area contributed by atoms with Crippen LogP contribution in [0.15, 0.2) is 54.6 Å². The number of hydrogen-bond acceptors (Lipinski definition) is 4. The molecule has 2 aromatic carbocycles. The van der Waals surface area contributed by atoms with Gasteiger partial charge in [0, 0.05) is 43.6 Å². The summed E-state index contributed by atoms with van der Waals surface area (Å²) in [5, 5.41) is 10.9.